The van der Waals surface area contributed by atoms with E-state index in [0.717, 1.165) is 13.0 Å². The molecule has 0 aliphatic carbocycles. The lowest BCUT2D eigenvalue weighted by atomic mass is 10.2. The molecule has 1 aromatic carbocycles. The van der Waals surface area contributed by atoms with Gasteiger partial charge in [0.25, 0.3) is 0 Å². The second-order valence-corrected chi connectivity index (χ2v) is 3.66. The zero-order valence-electron chi connectivity index (χ0n) is 6.03. The van der Waals surface area contributed by atoms with E-state index in [1.165, 1.54) is 22.2 Å². The van der Waals surface area contributed by atoms with Crippen LogP contribution in [-0.4, -0.2) is 6.54 Å². The van der Waals surface area contributed by atoms with Crippen molar-refractivity contribution in [3.05, 3.63) is 29.8 Å². The van der Waals surface area contributed by atoms with Gasteiger partial charge in [0.05, 0.1) is 5.69 Å². The van der Waals surface area contributed by atoms with Crippen molar-refractivity contribution in [3.63, 3.8) is 0 Å². The van der Waals surface area contributed by atoms with Crippen LogP contribution in [0.3, 0.4) is 0 Å². The van der Waals surface area contributed by atoms with Crippen LogP contribution >= 0.6 is 22.6 Å². The Hall–Kier alpha value is -0.280. The SMILES string of the molecule is SSN1CCc2ccccc21. The number of hydrogen-bond donors (Lipinski definition) is 1. The number of hydrogen-bond acceptors (Lipinski definition) is 3. The van der Waals surface area contributed by atoms with Gasteiger partial charge in [-0.1, -0.05) is 29.9 Å². The second-order valence-electron chi connectivity index (χ2n) is 2.56. The molecule has 2 rings (SSSR count). The monoisotopic (exact) mass is 183 g/mol. The van der Waals surface area contributed by atoms with Crippen molar-refractivity contribution in [2.75, 3.05) is 10.8 Å². The van der Waals surface area contributed by atoms with Gasteiger partial charge in [-0.15, -0.1) is 0 Å². The molecule has 3 heteroatoms. The van der Waals surface area contributed by atoms with Gasteiger partial charge in [0.1, 0.15) is 0 Å². The molecule has 1 aliphatic heterocycles. The number of para-hydroxylation sites is 1. The van der Waals surface area contributed by atoms with E-state index in [2.05, 4.69) is 40.2 Å². The molecule has 0 aromatic heterocycles. The summed E-state index contributed by atoms with van der Waals surface area (Å²) in [6.45, 7) is 1.09. The summed E-state index contributed by atoms with van der Waals surface area (Å²) in [4.78, 5) is 0. The van der Waals surface area contributed by atoms with Crippen LogP contribution < -0.4 is 4.31 Å². The van der Waals surface area contributed by atoms with E-state index in [-0.39, 0.29) is 0 Å². The van der Waals surface area contributed by atoms with E-state index < -0.39 is 0 Å². The van der Waals surface area contributed by atoms with Crippen LogP contribution in [0.4, 0.5) is 5.69 Å². The van der Waals surface area contributed by atoms with Crippen molar-refractivity contribution in [1.29, 1.82) is 0 Å². The van der Waals surface area contributed by atoms with E-state index in [1.54, 1.807) is 0 Å². The molecule has 0 N–H and O–H groups in total. The molecule has 0 radical (unpaired) electrons. The average molecular weight is 183 g/mol. The van der Waals surface area contributed by atoms with Crippen LogP contribution in [0.1, 0.15) is 5.56 Å². The fourth-order valence-electron chi connectivity index (χ4n) is 1.39. The average Bonchev–Trinajstić information content (AvgIpc) is 2.47. The molecule has 58 valence electrons. The van der Waals surface area contributed by atoms with Crippen molar-refractivity contribution in [3.8, 4) is 0 Å². The van der Waals surface area contributed by atoms with Crippen LogP contribution in [0.2, 0.25) is 0 Å². The molecule has 0 unspecified atom stereocenters. The molecule has 0 fully saturated rings. The number of nitrogens with zero attached hydrogens (tertiary/aromatic N) is 1. The highest BCUT2D eigenvalue weighted by Crippen LogP contribution is 2.33. The Morgan fingerprint density at radius 3 is 3.00 bits per heavy atom. The topological polar surface area (TPSA) is 3.24 Å². The number of thiol groups is 1. The predicted octanol–water partition coefficient (Wildman–Crippen LogP) is 2.54. The third-order valence-electron chi connectivity index (χ3n) is 1.94. The predicted molar refractivity (Wildman–Crippen MR) is 54.1 cm³/mol. The van der Waals surface area contributed by atoms with Crippen LogP contribution in [0.15, 0.2) is 24.3 Å². The summed E-state index contributed by atoms with van der Waals surface area (Å²) in [5, 5.41) is 0. The lowest BCUT2D eigenvalue weighted by Crippen LogP contribution is -2.06. The van der Waals surface area contributed by atoms with Gasteiger partial charge in [0.15, 0.2) is 0 Å². The Morgan fingerprint density at radius 2 is 2.18 bits per heavy atom. The molecule has 1 aromatic rings. The first-order chi connectivity index (χ1) is 5.42. The summed E-state index contributed by atoms with van der Waals surface area (Å²) in [6.07, 6.45) is 1.16. The molecule has 1 aliphatic rings. The Morgan fingerprint density at radius 1 is 1.36 bits per heavy atom. The third-order valence-corrected chi connectivity index (χ3v) is 3.11. The molecular weight excluding hydrogens is 174 g/mol. The normalized spacial score (nSPS) is 15.2. The van der Waals surface area contributed by atoms with E-state index in [0.29, 0.717) is 0 Å². The first-order valence-corrected chi connectivity index (χ1v) is 5.41. The molecule has 0 saturated heterocycles. The fraction of sp³-hybridized carbons (Fsp3) is 0.250. The van der Waals surface area contributed by atoms with Gasteiger partial charge in [-0.25, -0.2) is 0 Å². The molecule has 11 heavy (non-hydrogen) atoms. The van der Waals surface area contributed by atoms with E-state index >= 15 is 0 Å². The summed E-state index contributed by atoms with van der Waals surface area (Å²) in [5.74, 6) is 0. The van der Waals surface area contributed by atoms with Gasteiger partial charge in [-0.05, 0) is 18.1 Å². The maximum Gasteiger partial charge on any atom is 0.0510 e. The zero-order valence-corrected chi connectivity index (χ0v) is 7.74. The minimum atomic E-state index is 1.09. The van der Waals surface area contributed by atoms with Gasteiger partial charge < -0.3 is 4.31 Å². The van der Waals surface area contributed by atoms with Crippen molar-refractivity contribution < 1.29 is 0 Å². The Labute approximate surface area is 75.7 Å². The molecule has 0 atom stereocenters. The lowest BCUT2D eigenvalue weighted by molar-refractivity contribution is 1.06. The maximum absolute atomic E-state index is 4.18. The van der Waals surface area contributed by atoms with Crippen LogP contribution in [0, 0.1) is 0 Å². The summed E-state index contributed by atoms with van der Waals surface area (Å²) >= 11 is 4.18. The Kier molecular flexibility index (Phi) is 2.00. The van der Waals surface area contributed by atoms with Gasteiger partial charge in [-0.2, -0.15) is 0 Å². The molecule has 0 bridgehead atoms. The standard InChI is InChI=1S/C8H9NS2/c10-11-9-6-5-7-3-1-2-4-8(7)9/h1-4,10H,5-6H2. The Balaban J connectivity index is 2.39. The number of rotatable bonds is 1. The molecule has 0 amide bonds. The van der Waals surface area contributed by atoms with Crippen molar-refractivity contribution in [2.45, 2.75) is 6.42 Å². The highest BCUT2D eigenvalue weighted by Gasteiger charge is 2.16. The van der Waals surface area contributed by atoms with Gasteiger partial charge in [-0.3, -0.25) is 0 Å². The minimum Gasteiger partial charge on any atom is -0.307 e. The van der Waals surface area contributed by atoms with Crippen LogP contribution in [-0.2, 0) is 6.42 Å². The number of anilines is 1. The van der Waals surface area contributed by atoms with Gasteiger partial charge in [0, 0.05) is 17.5 Å². The third kappa shape index (κ3) is 1.23. The quantitative estimate of drug-likeness (QED) is 0.405. The van der Waals surface area contributed by atoms with Crippen molar-refractivity contribution in [1.82, 2.24) is 0 Å². The maximum atomic E-state index is 4.18. The molecule has 1 heterocycles. The highest BCUT2D eigenvalue weighted by molar-refractivity contribution is 8.69. The number of fused-ring (bicyclic) bond motifs is 1. The van der Waals surface area contributed by atoms with Gasteiger partial charge in [0.2, 0.25) is 0 Å². The van der Waals surface area contributed by atoms with Gasteiger partial charge >= 0.3 is 0 Å². The molecule has 0 spiro atoms. The summed E-state index contributed by atoms with van der Waals surface area (Å²) in [5.41, 5.74) is 2.77. The Bertz CT molecular complexity index is 262. The summed E-state index contributed by atoms with van der Waals surface area (Å²) in [7, 11) is 1.50. The first kappa shape index (κ1) is 7.37. The van der Waals surface area contributed by atoms with Crippen molar-refractivity contribution in [2.24, 2.45) is 0 Å². The van der Waals surface area contributed by atoms with Crippen molar-refractivity contribution >= 4 is 28.3 Å². The molecule has 0 saturated carbocycles. The van der Waals surface area contributed by atoms with E-state index in [4.69, 9.17) is 0 Å². The summed E-state index contributed by atoms with van der Waals surface area (Å²) in [6, 6.07) is 8.48. The van der Waals surface area contributed by atoms with Crippen LogP contribution in [0.5, 0.6) is 0 Å². The molecular formula is C8H9NS2. The second kappa shape index (κ2) is 2.99. The number of benzene rings is 1. The summed E-state index contributed by atoms with van der Waals surface area (Å²) < 4.78 is 2.21. The largest absolute Gasteiger partial charge is 0.307 e. The first-order valence-electron chi connectivity index (χ1n) is 3.59. The molecule has 1 nitrogen and oxygen atoms in total. The highest BCUT2D eigenvalue weighted by atomic mass is 33.1. The van der Waals surface area contributed by atoms with E-state index in [9.17, 15) is 0 Å². The minimum absolute atomic E-state index is 1.09. The van der Waals surface area contributed by atoms with Crippen LogP contribution in [0.25, 0.3) is 0 Å². The fourth-order valence-corrected chi connectivity index (χ4v) is 2.34. The smallest absolute Gasteiger partial charge is 0.0510 e. The van der Waals surface area contributed by atoms with E-state index in [1.807, 2.05) is 0 Å². The lowest BCUT2D eigenvalue weighted by Gasteiger charge is -2.12. The zero-order chi connectivity index (χ0) is 7.68.